The van der Waals surface area contributed by atoms with Crippen molar-refractivity contribution >= 4 is 23.6 Å². The number of carbonyl (C=O) groups excluding carboxylic acids is 4. The number of amides is 4. The molecule has 10 nitrogen and oxygen atoms in total. The Morgan fingerprint density at radius 2 is 0.913 bits per heavy atom. The van der Waals surface area contributed by atoms with Gasteiger partial charge in [0.25, 0.3) is 0 Å². The topological polar surface area (TPSA) is 135 Å². The summed E-state index contributed by atoms with van der Waals surface area (Å²) in [5, 5.41) is 11.3. The Hall–Kier alpha value is -2.20. The van der Waals surface area contributed by atoms with Crippen LogP contribution < -0.4 is 21.3 Å². The van der Waals surface area contributed by atoms with Crippen molar-refractivity contribution in [2.75, 3.05) is 52.6 Å². The molecular formula is C36H70N4O6. The van der Waals surface area contributed by atoms with Crippen molar-refractivity contribution in [3.8, 4) is 0 Å². The Labute approximate surface area is 281 Å². The summed E-state index contributed by atoms with van der Waals surface area (Å²) in [5.74, 6) is 0.106. The number of carbonyl (C=O) groups is 4. The third-order valence-corrected chi connectivity index (χ3v) is 7.91. The Balaban J connectivity index is 3.38. The van der Waals surface area contributed by atoms with E-state index in [1.54, 1.807) is 0 Å². The molecule has 4 amide bonds. The summed E-state index contributed by atoms with van der Waals surface area (Å²) in [7, 11) is 0. The van der Waals surface area contributed by atoms with Gasteiger partial charge >= 0.3 is 6.03 Å². The van der Waals surface area contributed by atoms with Gasteiger partial charge in [0, 0.05) is 44.9 Å². The molecule has 0 aliphatic heterocycles. The minimum Gasteiger partial charge on any atom is -0.377 e. The van der Waals surface area contributed by atoms with E-state index < -0.39 is 0 Å². The van der Waals surface area contributed by atoms with E-state index in [0.717, 1.165) is 25.7 Å². The highest BCUT2D eigenvalue weighted by Crippen LogP contribution is 2.13. The van der Waals surface area contributed by atoms with E-state index in [4.69, 9.17) is 9.47 Å². The predicted octanol–water partition coefficient (Wildman–Crippen LogP) is 6.60. The minimum absolute atomic E-state index is 0.0146. The first-order valence-corrected chi connectivity index (χ1v) is 18.6. The van der Waals surface area contributed by atoms with Crippen LogP contribution in [0, 0.1) is 5.92 Å². The Morgan fingerprint density at radius 3 is 1.46 bits per heavy atom. The van der Waals surface area contributed by atoms with Crippen molar-refractivity contribution in [1.29, 1.82) is 0 Å². The maximum atomic E-state index is 12.0. The van der Waals surface area contributed by atoms with E-state index in [1.165, 1.54) is 83.5 Å². The third-order valence-electron chi connectivity index (χ3n) is 7.91. The molecule has 0 heterocycles. The molecule has 0 aromatic rings. The van der Waals surface area contributed by atoms with Crippen LogP contribution in [-0.4, -0.2) is 76.2 Å². The molecule has 10 heteroatoms. The quantitative estimate of drug-likeness (QED) is 0.0578. The number of hydrogen-bond acceptors (Lipinski definition) is 6. The first kappa shape index (κ1) is 43.8. The van der Waals surface area contributed by atoms with Crippen molar-refractivity contribution in [1.82, 2.24) is 21.3 Å². The van der Waals surface area contributed by atoms with Gasteiger partial charge in [-0.2, -0.15) is 0 Å². The van der Waals surface area contributed by atoms with Gasteiger partial charge in [0.05, 0.1) is 19.8 Å². The maximum absolute atomic E-state index is 12.0. The Kier molecular flexibility index (Phi) is 32.5. The van der Waals surface area contributed by atoms with Gasteiger partial charge < -0.3 is 30.7 Å². The molecule has 0 atom stereocenters. The zero-order valence-electron chi connectivity index (χ0n) is 29.8. The van der Waals surface area contributed by atoms with Crippen LogP contribution in [0.1, 0.15) is 149 Å². The zero-order valence-corrected chi connectivity index (χ0v) is 29.8. The lowest BCUT2D eigenvalue weighted by Gasteiger charge is -2.09. The molecule has 0 aromatic carbocycles. The molecule has 0 fully saturated rings. The fourth-order valence-electron chi connectivity index (χ4n) is 4.85. The Morgan fingerprint density at radius 1 is 0.478 bits per heavy atom. The van der Waals surface area contributed by atoms with E-state index in [2.05, 4.69) is 28.2 Å². The molecule has 0 aliphatic rings. The first-order valence-electron chi connectivity index (χ1n) is 18.6. The van der Waals surface area contributed by atoms with Gasteiger partial charge in [-0.25, -0.2) is 4.79 Å². The normalized spacial score (nSPS) is 11.0. The van der Waals surface area contributed by atoms with Gasteiger partial charge in [-0.1, -0.05) is 111 Å². The lowest BCUT2D eigenvalue weighted by molar-refractivity contribution is -0.127. The second-order valence-corrected chi connectivity index (χ2v) is 12.7. The monoisotopic (exact) mass is 655 g/mol. The highest BCUT2D eigenvalue weighted by molar-refractivity contribution is 5.81. The summed E-state index contributed by atoms with van der Waals surface area (Å²) >= 11 is 0. The average Bonchev–Trinajstić information content (AvgIpc) is 3.03. The molecule has 0 spiro atoms. The van der Waals surface area contributed by atoms with Crippen LogP contribution in [-0.2, 0) is 23.9 Å². The van der Waals surface area contributed by atoms with Gasteiger partial charge in [-0.15, -0.1) is 0 Å². The highest BCUT2D eigenvalue weighted by Gasteiger charge is 2.07. The average molecular weight is 655 g/mol. The summed E-state index contributed by atoms with van der Waals surface area (Å²) in [6.45, 7) is 9.12. The van der Waals surface area contributed by atoms with Crippen LogP contribution in [0.4, 0.5) is 4.79 Å². The predicted molar refractivity (Wildman–Crippen MR) is 187 cm³/mol. The van der Waals surface area contributed by atoms with E-state index in [-0.39, 0.29) is 36.2 Å². The van der Waals surface area contributed by atoms with Crippen molar-refractivity contribution in [2.45, 2.75) is 149 Å². The highest BCUT2D eigenvalue weighted by atomic mass is 16.5. The largest absolute Gasteiger partial charge is 0.377 e. The molecule has 0 aromatic heterocycles. The number of nitrogens with one attached hydrogen (secondary N) is 4. The van der Waals surface area contributed by atoms with Crippen LogP contribution in [0.15, 0.2) is 0 Å². The van der Waals surface area contributed by atoms with Crippen LogP contribution in [0.2, 0.25) is 0 Å². The van der Waals surface area contributed by atoms with E-state index in [1.807, 2.05) is 13.8 Å². The lowest BCUT2D eigenvalue weighted by Crippen LogP contribution is -2.38. The fraction of sp³-hybridized carbons (Fsp3) is 0.889. The summed E-state index contributed by atoms with van der Waals surface area (Å²) in [6.07, 6.45) is 22.8. The first-order chi connectivity index (χ1) is 22.4. The number of unbranched alkanes of at least 4 members (excludes halogenated alkanes) is 15. The standard InChI is InChI=1S/C36H70N4O6/c1-4-5-6-7-8-9-10-11-12-13-14-15-16-17-18-22-34(42)38-26-21-23-35(43)37-24-19-20-25-39-36(44)40-27-28-45-29-30-46-31-33(41)32(2)3/h32H,4-31H2,1-3H3,(H,37,43)(H,38,42)(H2,39,40,44). The van der Waals surface area contributed by atoms with Crippen molar-refractivity contribution in [3.05, 3.63) is 0 Å². The molecule has 0 radical (unpaired) electrons. The van der Waals surface area contributed by atoms with Crippen molar-refractivity contribution < 1.29 is 28.7 Å². The molecule has 0 bridgehead atoms. The molecule has 0 aliphatic carbocycles. The zero-order chi connectivity index (χ0) is 33.9. The number of urea groups is 1. The maximum Gasteiger partial charge on any atom is 0.314 e. The number of Topliss-reactive ketones (excluding diaryl/α,β-unsaturated/α-hetero) is 1. The minimum atomic E-state index is -0.256. The second kappa shape index (κ2) is 34.1. The molecular weight excluding hydrogens is 584 g/mol. The van der Waals surface area contributed by atoms with Gasteiger partial charge in [0.1, 0.15) is 6.61 Å². The lowest BCUT2D eigenvalue weighted by atomic mass is 10.0. The SMILES string of the molecule is CCCCCCCCCCCCCCCCCC(=O)NCCCC(=O)NCCCCNC(=O)NCCOCCOCC(=O)C(C)C. The molecule has 46 heavy (non-hydrogen) atoms. The Bertz CT molecular complexity index is 750. The van der Waals surface area contributed by atoms with Crippen molar-refractivity contribution in [2.24, 2.45) is 5.92 Å². The number of rotatable bonds is 34. The van der Waals surface area contributed by atoms with E-state index >= 15 is 0 Å². The smallest absolute Gasteiger partial charge is 0.314 e. The molecule has 4 N–H and O–H groups in total. The number of ether oxygens (including phenoxy) is 2. The van der Waals surface area contributed by atoms with E-state index in [0.29, 0.717) is 65.3 Å². The van der Waals surface area contributed by atoms with Crippen LogP contribution in [0.5, 0.6) is 0 Å². The molecule has 0 rings (SSSR count). The summed E-state index contributed by atoms with van der Waals surface area (Å²) < 4.78 is 10.6. The molecule has 0 saturated heterocycles. The fourth-order valence-corrected chi connectivity index (χ4v) is 4.85. The summed E-state index contributed by atoms with van der Waals surface area (Å²) in [6, 6.07) is -0.256. The molecule has 0 saturated carbocycles. The van der Waals surface area contributed by atoms with Gasteiger partial charge in [-0.3, -0.25) is 14.4 Å². The second-order valence-electron chi connectivity index (χ2n) is 12.7. The van der Waals surface area contributed by atoms with Crippen molar-refractivity contribution in [3.63, 3.8) is 0 Å². The van der Waals surface area contributed by atoms with Gasteiger partial charge in [0.15, 0.2) is 5.78 Å². The summed E-state index contributed by atoms with van der Waals surface area (Å²) in [4.78, 5) is 47.3. The van der Waals surface area contributed by atoms with Crippen LogP contribution in [0.25, 0.3) is 0 Å². The van der Waals surface area contributed by atoms with Gasteiger partial charge in [0.2, 0.25) is 11.8 Å². The van der Waals surface area contributed by atoms with Crippen LogP contribution in [0.3, 0.4) is 0 Å². The number of ketones is 1. The third kappa shape index (κ3) is 33.2. The number of hydrogen-bond donors (Lipinski definition) is 4. The molecule has 270 valence electrons. The van der Waals surface area contributed by atoms with E-state index in [9.17, 15) is 19.2 Å². The van der Waals surface area contributed by atoms with Crippen LogP contribution >= 0.6 is 0 Å². The van der Waals surface area contributed by atoms with Gasteiger partial charge in [-0.05, 0) is 25.7 Å². The summed E-state index contributed by atoms with van der Waals surface area (Å²) in [5.41, 5.74) is 0. The molecule has 0 unspecified atom stereocenters.